The van der Waals surface area contributed by atoms with Gasteiger partial charge >= 0.3 is 12.0 Å². The second-order valence-electron chi connectivity index (χ2n) is 3.86. The third kappa shape index (κ3) is 4.29. The van der Waals surface area contributed by atoms with Crippen LogP contribution in [0.15, 0.2) is 36.9 Å². The zero-order chi connectivity index (χ0) is 13.5. The van der Waals surface area contributed by atoms with Crippen molar-refractivity contribution in [3.8, 4) is 0 Å². The van der Waals surface area contributed by atoms with Crippen LogP contribution in [0.5, 0.6) is 0 Å². The predicted octanol–water partition coefficient (Wildman–Crippen LogP) is 2.10. The molecule has 1 aromatic carbocycles. The van der Waals surface area contributed by atoms with Crippen LogP contribution in [0, 0.1) is 6.92 Å². The number of nitrogens with zero attached hydrogens (tertiary/aromatic N) is 1. The molecule has 0 heterocycles. The van der Waals surface area contributed by atoms with E-state index in [9.17, 15) is 9.59 Å². The fourth-order valence-electron chi connectivity index (χ4n) is 1.38. The number of benzene rings is 1. The summed E-state index contributed by atoms with van der Waals surface area (Å²) in [6.45, 7) is 5.27. The average Bonchev–Trinajstić information content (AvgIpc) is 2.31. The van der Waals surface area contributed by atoms with E-state index in [1.165, 1.54) is 6.08 Å². The minimum absolute atomic E-state index is 0.185. The molecule has 1 rings (SSSR count). The summed E-state index contributed by atoms with van der Waals surface area (Å²) >= 11 is 0. The highest BCUT2D eigenvalue weighted by Crippen LogP contribution is 2.09. The smallest absolute Gasteiger partial charge is 0.323 e. The van der Waals surface area contributed by atoms with Crippen LogP contribution in [0.2, 0.25) is 0 Å². The Hall–Kier alpha value is -2.30. The Labute approximate surface area is 106 Å². The Morgan fingerprint density at radius 2 is 2.00 bits per heavy atom. The molecule has 0 aliphatic rings. The molecule has 2 N–H and O–H groups in total. The molecule has 1 aromatic rings. The SMILES string of the molecule is C=CCN(CC(=O)O)C(=O)Nc1ccc(C)cc1. The maximum atomic E-state index is 11.8. The highest BCUT2D eigenvalue weighted by Gasteiger charge is 2.15. The summed E-state index contributed by atoms with van der Waals surface area (Å²) in [4.78, 5) is 23.6. The Morgan fingerprint density at radius 1 is 1.39 bits per heavy atom. The summed E-state index contributed by atoms with van der Waals surface area (Å²) in [5.41, 5.74) is 1.71. The van der Waals surface area contributed by atoms with E-state index in [1.54, 1.807) is 12.1 Å². The summed E-state index contributed by atoms with van der Waals surface area (Å²) in [7, 11) is 0. The number of aryl methyl sites for hydroxylation is 1. The molecule has 0 saturated heterocycles. The number of carboxylic acids is 1. The quantitative estimate of drug-likeness (QED) is 0.784. The Kier molecular flexibility index (Phi) is 4.92. The van der Waals surface area contributed by atoms with Crippen molar-refractivity contribution in [1.29, 1.82) is 0 Å². The molecule has 5 heteroatoms. The van der Waals surface area contributed by atoms with E-state index < -0.39 is 12.0 Å². The van der Waals surface area contributed by atoms with Gasteiger partial charge < -0.3 is 15.3 Å². The van der Waals surface area contributed by atoms with Gasteiger partial charge in [-0.25, -0.2) is 4.79 Å². The van der Waals surface area contributed by atoms with E-state index in [1.807, 2.05) is 19.1 Å². The van der Waals surface area contributed by atoms with Crippen molar-refractivity contribution in [2.24, 2.45) is 0 Å². The Morgan fingerprint density at radius 3 is 2.50 bits per heavy atom. The molecule has 0 aromatic heterocycles. The van der Waals surface area contributed by atoms with Gasteiger partial charge in [0.1, 0.15) is 6.54 Å². The van der Waals surface area contributed by atoms with Crippen molar-refractivity contribution >= 4 is 17.7 Å². The van der Waals surface area contributed by atoms with Gasteiger partial charge in [0.15, 0.2) is 0 Å². The lowest BCUT2D eigenvalue weighted by Gasteiger charge is -2.19. The van der Waals surface area contributed by atoms with Crippen LogP contribution in [-0.2, 0) is 4.79 Å². The lowest BCUT2D eigenvalue weighted by molar-refractivity contribution is -0.137. The molecule has 0 saturated carbocycles. The molecule has 96 valence electrons. The fraction of sp³-hybridized carbons (Fsp3) is 0.231. The van der Waals surface area contributed by atoms with Crippen molar-refractivity contribution in [3.05, 3.63) is 42.5 Å². The molecule has 0 fully saturated rings. The van der Waals surface area contributed by atoms with Crippen LogP contribution in [0.3, 0.4) is 0 Å². The third-order valence-corrected chi connectivity index (χ3v) is 2.27. The topological polar surface area (TPSA) is 69.6 Å². The van der Waals surface area contributed by atoms with Gasteiger partial charge in [-0.1, -0.05) is 23.8 Å². The van der Waals surface area contributed by atoms with Gasteiger partial charge in [0.05, 0.1) is 0 Å². The molecule has 18 heavy (non-hydrogen) atoms. The summed E-state index contributed by atoms with van der Waals surface area (Å²) in [5.74, 6) is -1.06. The van der Waals surface area contributed by atoms with E-state index in [4.69, 9.17) is 5.11 Å². The third-order valence-electron chi connectivity index (χ3n) is 2.27. The van der Waals surface area contributed by atoms with Gasteiger partial charge in [-0.3, -0.25) is 4.79 Å². The largest absolute Gasteiger partial charge is 0.480 e. The normalized spacial score (nSPS) is 9.61. The highest BCUT2D eigenvalue weighted by atomic mass is 16.4. The fourth-order valence-corrected chi connectivity index (χ4v) is 1.38. The Balaban J connectivity index is 2.68. The standard InChI is InChI=1S/C13H16N2O3/c1-3-8-15(9-12(16)17)13(18)14-11-6-4-10(2)5-7-11/h3-7H,1,8-9H2,2H3,(H,14,18)(H,16,17). The average molecular weight is 248 g/mol. The van der Waals surface area contributed by atoms with Gasteiger partial charge in [0, 0.05) is 12.2 Å². The minimum Gasteiger partial charge on any atom is -0.480 e. The maximum absolute atomic E-state index is 11.8. The number of amides is 2. The van der Waals surface area contributed by atoms with Crippen LogP contribution in [0.1, 0.15) is 5.56 Å². The van der Waals surface area contributed by atoms with Crippen LogP contribution < -0.4 is 5.32 Å². The number of anilines is 1. The van der Waals surface area contributed by atoms with Crippen molar-refractivity contribution in [1.82, 2.24) is 4.90 Å². The van der Waals surface area contributed by atoms with Crippen molar-refractivity contribution in [2.45, 2.75) is 6.92 Å². The summed E-state index contributed by atoms with van der Waals surface area (Å²) in [6.07, 6.45) is 1.48. The second kappa shape index (κ2) is 6.44. The number of carbonyl (C=O) groups excluding carboxylic acids is 1. The second-order valence-corrected chi connectivity index (χ2v) is 3.86. The van der Waals surface area contributed by atoms with Crippen LogP contribution in [0.4, 0.5) is 10.5 Å². The monoisotopic (exact) mass is 248 g/mol. The first-order chi connectivity index (χ1) is 8.52. The Bertz CT molecular complexity index is 440. The number of hydrogen-bond donors (Lipinski definition) is 2. The molecule has 5 nitrogen and oxygen atoms in total. The summed E-state index contributed by atoms with van der Waals surface area (Å²) in [5, 5.41) is 11.3. The lowest BCUT2D eigenvalue weighted by atomic mass is 10.2. The number of rotatable bonds is 5. The highest BCUT2D eigenvalue weighted by molar-refractivity contribution is 5.91. The molecule has 0 spiro atoms. The molecule has 0 unspecified atom stereocenters. The van der Waals surface area contributed by atoms with E-state index in [-0.39, 0.29) is 13.1 Å². The molecule has 0 bridgehead atoms. The molecule has 0 radical (unpaired) electrons. The molecule has 0 aliphatic carbocycles. The van der Waals surface area contributed by atoms with E-state index >= 15 is 0 Å². The summed E-state index contributed by atoms with van der Waals surface area (Å²) < 4.78 is 0. The van der Waals surface area contributed by atoms with Gasteiger partial charge in [-0.05, 0) is 19.1 Å². The number of carboxylic acid groups (broad SMARTS) is 1. The van der Waals surface area contributed by atoms with Crippen molar-refractivity contribution in [2.75, 3.05) is 18.4 Å². The van der Waals surface area contributed by atoms with Crippen LogP contribution in [0.25, 0.3) is 0 Å². The first kappa shape index (κ1) is 13.8. The van der Waals surface area contributed by atoms with Crippen molar-refractivity contribution in [3.63, 3.8) is 0 Å². The molecular formula is C13H16N2O3. The van der Waals surface area contributed by atoms with Gasteiger partial charge in [0.2, 0.25) is 0 Å². The van der Waals surface area contributed by atoms with Crippen LogP contribution in [-0.4, -0.2) is 35.1 Å². The predicted molar refractivity (Wildman–Crippen MR) is 69.6 cm³/mol. The molecule has 2 amide bonds. The molecule has 0 aliphatic heterocycles. The zero-order valence-electron chi connectivity index (χ0n) is 10.2. The number of carbonyl (C=O) groups is 2. The zero-order valence-corrected chi connectivity index (χ0v) is 10.2. The number of aliphatic carboxylic acids is 1. The van der Waals surface area contributed by atoms with E-state index in [2.05, 4.69) is 11.9 Å². The minimum atomic E-state index is -1.06. The van der Waals surface area contributed by atoms with E-state index in [0.29, 0.717) is 5.69 Å². The first-order valence-corrected chi connectivity index (χ1v) is 5.48. The van der Waals surface area contributed by atoms with Gasteiger partial charge in [0.25, 0.3) is 0 Å². The van der Waals surface area contributed by atoms with E-state index in [0.717, 1.165) is 10.5 Å². The maximum Gasteiger partial charge on any atom is 0.323 e. The van der Waals surface area contributed by atoms with Crippen LogP contribution >= 0.6 is 0 Å². The van der Waals surface area contributed by atoms with Crippen molar-refractivity contribution < 1.29 is 14.7 Å². The number of urea groups is 1. The lowest BCUT2D eigenvalue weighted by Crippen LogP contribution is -2.38. The molecular weight excluding hydrogens is 232 g/mol. The van der Waals surface area contributed by atoms with Gasteiger partial charge in [-0.2, -0.15) is 0 Å². The first-order valence-electron chi connectivity index (χ1n) is 5.48. The van der Waals surface area contributed by atoms with Gasteiger partial charge in [-0.15, -0.1) is 6.58 Å². The summed E-state index contributed by atoms with van der Waals surface area (Å²) in [6, 6.07) is 6.80. The number of hydrogen-bond acceptors (Lipinski definition) is 2. The molecule has 0 atom stereocenters. The number of nitrogens with one attached hydrogen (secondary N) is 1.